The van der Waals surface area contributed by atoms with E-state index in [1.165, 1.54) is 19.5 Å². The van der Waals surface area contributed by atoms with Gasteiger partial charge in [-0.15, -0.1) is 0 Å². The molecule has 7 nitrogen and oxygen atoms in total. The Morgan fingerprint density at radius 1 is 1.33 bits per heavy atom. The van der Waals surface area contributed by atoms with Gasteiger partial charge in [-0.1, -0.05) is 0 Å². The number of rotatable bonds is 7. The van der Waals surface area contributed by atoms with Crippen LogP contribution in [-0.2, 0) is 21.2 Å². The Kier molecular flexibility index (Phi) is 5.47. The quantitative estimate of drug-likeness (QED) is 0.774. The minimum atomic E-state index is -4.21. The number of methoxy groups -OCH3 is 1. The molecule has 1 unspecified atom stereocenters. The molecule has 0 aliphatic carbocycles. The summed E-state index contributed by atoms with van der Waals surface area (Å²) < 4.78 is 45.1. The zero-order chi connectivity index (χ0) is 17.7. The van der Waals surface area contributed by atoms with Crippen LogP contribution >= 0.6 is 0 Å². The maximum absolute atomic E-state index is 13.7. The van der Waals surface area contributed by atoms with Gasteiger partial charge in [-0.3, -0.25) is 9.78 Å². The van der Waals surface area contributed by atoms with Crippen molar-refractivity contribution < 1.29 is 27.4 Å². The van der Waals surface area contributed by atoms with E-state index in [0.29, 0.717) is 5.56 Å². The van der Waals surface area contributed by atoms with Crippen LogP contribution < -0.4 is 9.46 Å². The molecule has 24 heavy (non-hydrogen) atoms. The van der Waals surface area contributed by atoms with Crippen LogP contribution in [0.25, 0.3) is 0 Å². The fourth-order valence-corrected chi connectivity index (χ4v) is 3.20. The topological polar surface area (TPSA) is 106 Å². The number of hydrogen-bond acceptors (Lipinski definition) is 5. The molecule has 0 bridgehead atoms. The molecule has 0 aliphatic rings. The van der Waals surface area contributed by atoms with Crippen molar-refractivity contribution in [1.82, 2.24) is 9.71 Å². The first-order valence-corrected chi connectivity index (χ1v) is 8.29. The summed E-state index contributed by atoms with van der Waals surface area (Å²) in [6, 6.07) is 4.82. The van der Waals surface area contributed by atoms with Crippen LogP contribution in [0.15, 0.2) is 47.6 Å². The van der Waals surface area contributed by atoms with Crippen molar-refractivity contribution in [3.8, 4) is 5.75 Å². The summed E-state index contributed by atoms with van der Waals surface area (Å²) in [5.74, 6) is -2.31. The van der Waals surface area contributed by atoms with Gasteiger partial charge in [-0.2, -0.15) is 4.72 Å². The first-order valence-electron chi connectivity index (χ1n) is 6.81. The summed E-state index contributed by atoms with van der Waals surface area (Å²) in [4.78, 5) is 14.8. The molecule has 128 valence electrons. The fraction of sp³-hybridized carbons (Fsp3) is 0.200. The van der Waals surface area contributed by atoms with Crippen LogP contribution in [0, 0.1) is 5.82 Å². The number of ether oxygens (including phenoxy) is 1. The number of aromatic nitrogens is 1. The van der Waals surface area contributed by atoms with Gasteiger partial charge in [0.2, 0.25) is 10.0 Å². The van der Waals surface area contributed by atoms with E-state index in [-0.39, 0.29) is 17.1 Å². The molecular formula is C15H15FN2O5S. The number of pyridine rings is 1. The highest BCUT2D eigenvalue weighted by Gasteiger charge is 2.26. The highest BCUT2D eigenvalue weighted by atomic mass is 32.2. The molecule has 1 heterocycles. The number of benzene rings is 1. The van der Waals surface area contributed by atoms with Crippen LogP contribution in [0.3, 0.4) is 0 Å². The Morgan fingerprint density at radius 3 is 2.54 bits per heavy atom. The molecule has 0 fully saturated rings. The van der Waals surface area contributed by atoms with Gasteiger partial charge < -0.3 is 9.84 Å². The lowest BCUT2D eigenvalue weighted by molar-refractivity contribution is -0.138. The number of carbonyl (C=O) groups is 1. The third-order valence-electron chi connectivity index (χ3n) is 3.22. The number of carboxylic acid groups (broad SMARTS) is 1. The van der Waals surface area contributed by atoms with Crippen LogP contribution in [0.5, 0.6) is 5.75 Å². The van der Waals surface area contributed by atoms with Gasteiger partial charge in [0.25, 0.3) is 0 Å². The number of carboxylic acids is 1. The summed E-state index contributed by atoms with van der Waals surface area (Å²) in [7, 11) is -2.96. The maximum atomic E-state index is 13.7. The van der Waals surface area contributed by atoms with Crippen LogP contribution in [0.2, 0.25) is 0 Å². The fourth-order valence-electron chi connectivity index (χ4n) is 2.00. The molecule has 2 rings (SSSR count). The number of halogens is 1. The van der Waals surface area contributed by atoms with E-state index in [2.05, 4.69) is 9.71 Å². The lowest BCUT2D eigenvalue weighted by Crippen LogP contribution is -2.42. The van der Waals surface area contributed by atoms with Crippen molar-refractivity contribution in [2.45, 2.75) is 17.4 Å². The van der Waals surface area contributed by atoms with E-state index < -0.39 is 27.9 Å². The van der Waals surface area contributed by atoms with E-state index in [9.17, 15) is 22.7 Å². The maximum Gasteiger partial charge on any atom is 0.322 e. The number of nitrogens with zero attached hydrogens (tertiary/aromatic N) is 1. The third-order valence-corrected chi connectivity index (χ3v) is 4.69. The zero-order valence-corrected chi connectivity index (χ0v) is 13.5. The van der Waals surface area contributed by atoms with Gasteiger partial charge in [0.1, 0.15) is 6.04 Å². The normalized spacial score (nSPS) is 12.6. The average molecular weight is 354 g/mol. The Morgan fingerprint density at radius 2 is 2.00 bits per heavy atom. The van der Waals surface area contributed by atoms with E-state index in [0.717, 1.165) is 18.2 Å². The highest BCUT2D eigenvalue weighted by molar-refractivity contribution is 7.89. The summed E-state index contributed by atoms with van der Waals surface area (Å²) in [6.45, 7) is 0. The molecule has 0 aliphatic heterocycles. The molecule has 0 saturated heterocycles. The molecular weight excluding hydrogens is 339 g/mol. The second kappa shape index (κ2) is 7.37. The Bertz CT molecular complexity index is 827. The predicted octanol–water partition coefficient (Wildman–Crippen LogP) is 1.20. The largest absolute Gasteiger partial charge is 0.494 e. The Balaban J connectivity index is 2.24. The molecule has 1 aromatic carbocycles. The van der Waals surface area contributed by atoms with Gasteiger partial charge in [-0.25, -0.2) is 12.8 Å². The van der Waals surface area contributed by atoms with Gasteiger partial charge in [0.05, 0.1) is 12.0 Å². The number of hydrogen-bond donors (Lipinski definition) is 2. The predicted molar refractivity (Wildman–Crippen MR) is 82.6 cm³/mol. The van der Waals surface area contributed by atoms with Crippen molar-refractivity contribution in [3.05, 3.63) is 54.1 Å². The molecule has 1 aromatic heterocycles. The van der Waals surface area contributed by atoms with Gasteiger partial charge in [0, 0.05) is 12.4 Å². The molecule has 0 saturated carbocycles. The van der Waals surface area contributed by atoms with Crippen molar-refractivity contribution in [2.24, 2.45) is 0 Å². The SMILES string of the molecule is COc1ccc(S(=O)(=O)NC(Cc2ccncc2)C(=O)O)cc1F. The lowest BCUT2D eigenvalue weighted by atomic mass is 10.1. The van der Waals surface area contributed by atoms with E-state index >= 15 is 0 Å². The monoisotopic (exact) mass is 354 g/mol. The molecule has 2 aromatic rings. The summed E-state index contributed by atoms with van der Waals surface area (Å²) in [5.41, 5.74) is 0.598. The second-order valence-electron chi connectivity index (χ2n) is 4.87. The van der Waals surface area contributed by atoms with E-state index in [4.69, 9.17) is 4.74 Å². The summed E-state index contributed by atoms with van der Waals surface area (Å²) in [5, 5.41) is 9.24. The van der Waals surface area contributed by atoms with Crippen molar-refractivity contribution >= 4 is 16.0 Å². The van der Waals surface area contributed by atoms with Gasteiger partial charge >= 0.3 is 5.97 Å². The minimum absolute atomic E-state index is 0.0737. The van der Waals surface area contributed by atoms with E-state index in [1.807, 2.05) is 0 Å². The molecule has 0 spiro atoms. The molecule has 2 N–H and O–H groups in total. The number of aliphatic carboxylic acids is 1. The van der Waals surface area contributed by atoms with Gasteiger partial charge in [0.15, 0.2) is 11.6 Å². The first-order chi connectivity index (χ1) is 11.3. The zero-order valence-electron chi connectivity index (χ0n) is 12.6. The van der Waals surface area contributed by atoms with Crippen LogP contribution in [-0.4, -0.2) is 37.6 Å². The summed E-state index contributed by atoms with van der Waals surface area (Å²) in [6.07, 6.45) is 2.87. The lowest BCUT2D eigenvalue weighted by Gasteiger charge is -2.15. The van der Waals surface area contributed by atoms with Gasteiger partial charge in [-0.05, 0) is 42.3 Å². The molecule has 1 atom stereocenters. The molecule has 9 heteroatoms. The number of nitrogens with one attached hydrogen (secondary N) is 1. The van der Waals surface area contributed by atoms with Crippen molar-refractivity contribution in [3.63, 3.8) is 0 Å². The summed E-state index contributed by atoms with van der Waals surface area (Å²) >= 11 is 0. The van der Waals surface area contributed by atoms with Crippen molar-refractivity contribution in [1.29, 1.82) is 0 Å². The number of sulfonamides is 1. The first kappa shape index (κ1) is 17.8. The highest BCUT2D eigenvalue weighted by Crippen LogP contribution is 2.21. The third kappa shape index (κ3) is 4.27. The Hall–Kier alpha value is -2.52. The van der Waals surface area contributed by atoms with E-state index in [1.54, 1.807) is 12.1 Å². The molecule has 0 amide bonds. The molecule has 0 radical (unpaired) electrons. The standard InChI is InChI=1S/C15H15FN2O5S/c1-23-14-3-2-11(9-12(14)16)24(21,22)18-13(15(19)20)8-10-4-6-17-7-5-10/h2-7,9,13,18H,8H2,1H3,(H,19,20). The Labute approximate surface area is 138 Å². The second-order valence-corrected chi connectivity index (χ2v) is 6.58. The van der Waals surface area contributed by atoms with Crippen LogP contribution in [0.1, 0.15) is 5.56 Å². The minimum Gasteiger partial charge on any atom is -0.494 e. The smallest absolute Gasteiger partial charge is 0.322 e. The van der Waals surface area contributed by atoms with Crippen molar-refractivity contribution in [2.75, 3.05) is 7.11 Å². The van der Waals surface area contributed by atoms with Crippen LogP contribution in [0.4, 0.5) is 4.39 Å². The average Bonchev–Trinajstić information content (AvgIpc) is 2.55.